The highest BCUT2D eigenvalue weighted by molar-refractivity contribution is 5.83. The number of aryl methyl sites for hydroxylation is 1. The number of pyridine rings is 1. The van der Waals surface area contributed by atoms with Gasteiger partial charge in [-0.1, -0.05) is 6.07 Å². The summed E-state index contributed by atoms with van der Waals surface area (Å²) in [6.07, 6.45) is 1.47. The van der Waals surface area contributed by atoms with Gasteiger partial charge in [0, 0.05) is 36.9 Å². The maximum Gasteiger partial charge on any atom is 0.185 e. The van der Waals surface area contributed by atoms with E-state index in [-0.39, 0.29) is 6.29 Å². The molecule has 4 nitrogen and oxygen atoms in total. The van der Waals surface area contributed by atoms with E-state index in [0.717, 1.165) is 27.6 Å². The minimum absolute atomic E-state index is 0.358. The molecule has 20 heavy (non-hydrogen) atoms. The summed E-state index contributed by atoms with van der Waals surface area (Å²) in [5, 5.41) is 1.08. The Morgan fingerprint density at radius 1 is 1.15 bits per heavy atom. The van der Waals surface area contributed by atoms with Crippen molar-refractivity contribution in [3.8, 4) is 0 Å². The lowest BCUT2D eigenvalue weighted by Crippen LogP contribution is -2.09. The highest BCUT2D eigenvalue weighted by Gasteiger charge is 2.13. The van der Waals surface area contributed by atoms with Crippen LogP contribution in [0.15, 0.2) is 24.4 Å². The summed E-state index contributed by atoms with van der Waals surface area (Å²) in [6, 6.07) is 6.23. The Bertz CT molecular complexity index is 578. The first-order chi connectivity index (χ1) is 9.69. The van der Waals surface area contributed by atoms with Gasteiger partial charge in [-0.25, -0.2) is 0 Å². The molecule has 108 valence electrons. The van der Waals surface area contributed by atoms with Gasteiger partial charge in [0.25, 0.3) is 0 Å². The Morgan fingerprint density at radius 3 is 2.45 bits per heavy atom. The van der Waals surface area contributed by atoms with Gasteiger partial charge in [0.2, 0.25) is 0 Å². The quantitative estimate of drug-likeness (QED) is 0.822. The molecule has 0 aliphatic rings. The van der Waals surface area contributed by atoms with Crippen molar-refractivity contribution in [2.75, 3.05) is 13.2 Å². The van der Waals surface area contributed by atoms with Gasteiger partial charge in [-0.2, -0.15) is 0 Å². The van der Waals surface area contributed by atoms with E-state index in [1.54, 1.807) is 0 Å². The van der Waals surface area contributed by atoms with Gasteiger partial charge in [-0.05, 0) is 44.0 Å². The van der Waals surface area contributed by atoms with Gasteiger partial charge in [-0.3, -0.25) is 4.98 Å². The molecule has 0 bridgehead atoms. The Balaban J connectivity index is 2.45. The summed E-state index contributed by atoms with van der Waals surface area (Å²) in [5.41, 5.74) is 9.92. The molecule has 0 aliphatic heterocycles. The summed E-state index contributed by atoms with van der Waals surface area (Å²) in [5.74, 6) is 0. The fourth-order valence-corrected chi connectivity index (χ4v) is 2.32. The van der Waals surface area contributed by atoms with Crippen LogP contribution in [0.4, 0.5) is 0 Å². The molecule has 1 aromatic carbocycles. The highest BCUT2D eigenvalue weighted by Crippen LogP contribution is 2.25. The molecule has 2 aromatic rings. The van der Waals surface area contributed by atoms with Crippen LogP contribution in [0.5, 0.6) is 0 Å². The molecular weight excluding hydrogens is 252 g/mol. The van der Waals surface area contributed by atoms with E-state index < -0.39 is 0 Å². The van der Waals surface area contributed by atoms with Gasteiger partial charge in [0.15, 0.2) is 6.29 Å². The molecule has 0 radical (unpaired) electrons. The van der Waals surface area contributed by atoms with E-state index in [1.165, 1.54) is 0 Å². The van der Waals surface area contributed by atoms with E-state index in [1.807, 2.05) is 20.0 Å². The molecular formula is C16H22N2O2. The molecule has 0 amide bonds. The average molecular weight is 274 g/mol. The SMILES string of the molecule is CCOC(OCC)c1cnc2c(C)cc(CN)cc2c1. The number of benzene rings is 1. The summed E-state index contributed by atoms with van der Waals surface area (Å²) < 4.78 is 11.2. The van der Waals surface area contributed by atoms with Crippen LogP contribution in [0.3, 0.4) is 0 Å². The first-order valence-corrected chi connectivity index (χ1v) is 7.02. The van der Waals surface area contributed by atoms with E-state index >= 15 is 0 Å². The summed E-state index contributed by atoms with van der Waals surface area (Å²) >= 11 is 0. The van der Waals surface area contributed by atoms with Crippen molar-refractivity contribution < 1.29 is 9.47 Å². The molecule has 0 aliphatic carbocycles. The molecule has 0 saturated heterocycles. The zero-order chi connectivity index (χ0) is 14.5. The van der Waals surface area contributed by atoms with Crippen LogP contribution in [0.1, 0.15) is 36.8 Å². The summed E-state index contributed by atoms with van der Waals surface area (Å²) in [7, 11) is 0. The third-order valence-electron chi connectivity index (χ3n) is 3.20. The van der Waals surface area contributed by atoms with Gasteiger partial charge in [-0.15, -0.1) is 0 Å². The highest BCUT2D eigenvalue weighted by atomic mass is 16.7. The minimum atomic E-state index is -0.358. The topological polar surface area (TPSA) is 57.4 Å². The van der Waals surface area contributed by atoms with Crippen molar-refractivity contribution in [2.24, 2.45) is 5.73 Å². The molecule has 1 heterocycles. The lowest BCUT2D eigenvalue weighted by atomic mass is 10.0. The number of hydrogen-bond donors (Lipinski definition) is 1. The molecule has 0 saturated carbocycles. The van der Waals surface area contributed by atoms with Crippen LogP contribution < -0.4 is 5.73 Å². The zero-order valence-corrected chi connectivity index (χ0v) is 12.3. The standard InChI is InChI=1S/C16H22N2O2/c1-4-19-16(20-5-2)14-8-13-7-12(9-17)6-11(3)15(13)18-10-14/h6-8,10,16H,4-5,9,17H2,1-3H3. The van der Waals surface area contributed by atoms with E-state index in [4.69, 9.17) is 15.2 Å². The van der Waals surface area contributed by atoms with Crippen LogP contribution in [0, 0.1) is 6.92 Å². The molecule has 1 aromatic heterocycles. The first-order valence-electron chi connectivity index (χ1n) is 7.02. The number of fused-ring (bicyclic) bond motifs is 1. The van der Waals surface area contributed by atoms with Crippen LogP contribution in [0.2, 0.25) is 0 Å². The second-order valence-electron chi connectivity index (χ2n) is 4.70. The maximum atomic E-state index is 5.73. The predicted octanol–water partition coefficient (Wildman–Crippen LogP) is 3.07. The lowest BCUT2D eigenvalue weighted by Gasteiger charge is -2.17. The van der Waals surface area contributed by atoms with Gasteiger partial charge in [0.1, 0.15) is 0 Å². The Hall–Kier alpha value is -1.49. The Morgan fingerprint density at radius 2 is 1.85 bits per heavy atom. The minimum Gasteiger partial charge on any atom is -0.349 e. The largest absolute Gasteiger partial charge is 0.349 e. The second kappa shape index (κ2) is 6.79. The number of hydrogen-bond acceptors (Lipinski definition) is 4. The number of ether oxygens (including phenoxy) is 2. The molecule has 4 heteroatoms. The summed E-state index contributed by atoms with van der Waals surface area (Å²) in [6.45, 7) is 7.70. The third kappa shape index (κ3) is 3.15. The van der Waals surface area contributed by atoms with Crippen molar-refractivity contribution in [2.45, 2.75) is 33.6 Å². The molecule has 2 N–H and O–H groups in total. The van der Waals surface area contributed by atoms with E-state index in [0.29, 0.717) is 19.8 Å². The lowest BCUT2D eigenvalue weighted by molar-refractivity contribution is -0.140. The fourth-order valence-electron chi connectivity index (χ4n) is 2.32. The number of nitrogens with zero attached hydrogens (tertiary/aromatic N) is 1. The van der Waals surface area contributed by atoms with Gasteiger partial charge >= 0.3 is 0 Å². The van der Waals surface area contributed by atoms with Crippen molar-refractivity contribution in [3.63, 3.8) is 0 Å². The van der Waals surface area contributed by atoms with Crippen LogP contribution >= 0.6 is 0 Å². The van der Waals surface area contributed by atoms with E-state index in [9.17, 15) is 0 Å². The van der Waals surface area contributed by atoms with Crippen molar-refractivity contribution in [1.29, 1.82) is 0 Å². The molecule has 0 fully saturated rings. The number of rotatable bonds is 6. The predicted molar refractivity (Wildman–Crippen MR) is 80.4 cm³/mol. The van der Waals surface area contributed by atoms with Crippen molar-refractivity contribution in [3.05, 3.63) is 41.1 Å². The monoisotopic (exact) mass is 274 g/mol. The summed E-state index contributed by atoms with van der Waals surface area (Å²) in [4.78, 5) is 4.54. The van der Waals surface area contributed by atoms with Gasteiger partial charge < -0.3 is 15.2 Å². The molecule has 0 atom stereocenters. The second-order valence-corrected chi connectivity index (χ2v) is 4.70. The Labute approximate surface area is 119 Å². The van der Waals surface area contributed by atoms with Crippen molar-refractivity contribution >= 4 is 10.9 Å². The average Bonchev–Trinajstić information content (AvgIpc) is 2.46. The van der Waals surface area contributed by atoms with Gasteiger partial charge in [0.05, 0.1) is 5.52 Å². The zero-order valence-electron chi connectivity index (χ0n) is 12.3. The number of aromatic nitrogens is 1. The molecule has 0 spiro atoms. The van der Waals surface area contributed by atoms with Crippen LogP contribution in [-0.2, 0) is 16.0 Å². The number of nitrogens with two attached hydrogens (primary N) is 1. The maximum absolute atomic E-state index is 5.73. The molecule has 0 unspecified atom stereocenters. The first kappa shape index (κ1) is 14.9. The molecule has 2 rings (SSSR count). The van der Waals surface area contributed by atoms with Crippen LogP contribution in [-0.4, -0.2) is 18.2 Å². The smallest absolute Gasteiger partial charge is 0.185 e. The van der Waals surface area contributed by atoms with E-state index in [2.05, 4.69) is 30.1 Å². The van der Waals surface area contributed by atoms with Crippen LogP contribution in [0.25, 0.3) is 10.9 Å². The third-order valence-corrected chi connectivity index (χ3v) is 3.20. The Kier molecular flexibility index (Phi) is 5.06. The fraction of sp³-hybridized carbons (Fsp3) is 0.438. The normalized spacial score (nSPS) is 11.4. The van der Waals surface area contributed by atoms with Crippen molar-refractivity contribution in [1.82, 2.24) is 4.98 Å².